The van der Waals surface area contributed by atoms with Gasteiger partial charge in [-0.2, -0.15) is 5.10 Å². The number of benzene rings is 1. The highest BCUT2D eigenvalue weighted by atomic mass is 16.6. The maximum atomic E-state index is 13.3. The highest BCUT2D eigenvalue weighted by Gasteiger charge is 2.40. The van der Waals surface area contributed by atoms with Crippen molar-refractivity contribution in [2.24, 2.45) is 7.05 Å². The van der Waals surface area contributed by atoms with Crippen molar-refractivity contribution < 1.29 is 14.5 Å². The molecule has 0 spiro atoms. The quantitative estimate of drug-likeness (QED) is 0.294. The predicted molar refractivity (Wildman–Crippen MR) is 106 cm³/mol. The van der Waals surface area contributed by atoms with Gasteiger partial charge in [-0.3, -0.25) is 24.7 Å². The van der Waals surface area contributed by atoms with Crippen LogP contribution in [0.25, 0.3) is 22.3 Å². The average Bonchev–Trinajstić information content (AvgIpc) is 3.23. The van der Waals surface area contributed by atoms with Crippen molar-refractivity contribution in [1.29, 1.82) is 0 Å². The van der Waals surface area contributed by atoms with Gasteiger partial charge in [-0.1, -0.05) is 0 Å². The van der Waals surface area contributed by atoms with Crippen molar-refractivity contribution in [1.82, 2.24) is 19.7 Å². The Morgan fingerprint density at radius 3 is 2.37 bits per heavy atom. The van der Waals surface area contributed by atoms with E-state index in [0.29, 0.717) is 16.7 Å². The Morgan fingerprint density at radius 2 is 1.70 bits per heavy atom. The number of carbonyl (C=O) groups is 2. The molecule has 0 bridgehead atoms. The summed E-state index contributed by atoms with van der Waals surface area (Å²) in [6.45, 7) is 0. The third kappa shape index (κ3) is 2.40. The monoisotopic (exact) mass is 400 g/mol. The van der Waals surface area contributed by atoms with E-state index in [0.717, 1.165) is 10.5 Å². The molecule has 10 heteroatoms. The number of nitro benzene ring substituents is 1. The molecule has 0 N–H and O–H groups in total. The first-order valence-corrected chi connectivity index (χ1v) is 8.86. The Morgan fingerprint density at radius 1 is 1.00 bits per heavy atom. The molecule has 0 fully saturated rings. The molecule has 1 aliphatic heterocycles. The maximum absolute atomic E-state index is 13.3. The van der Waals surface area contributed by atoms with Gasteiger partial charge in [-0.25, -0.2) is 14.6 Å². The zero-order valence-corrected chi connectivity index (χ0v) is 15.5. The van der Waals surface area contributed by atoms with E-state index in [1.165, 1.54) is 30.5 Å². The number of pyridine rings is 2. The Hall–Kier alpha value is -4.47. The molecule has 0 aliphatic carbocycles. The molecule has 4 heterocycles. The number of nitro groups is 1. The van der Waals surface area contributed by atoms with E-state index in [1.807, 2.05) is 0 Å². The molecule has 2 amide bonds. The van der Waals surface area contributed by atoms with Crippen LogP contribution < -0.4 is 4.90 Å². The molecule has 30 heavy (non-hydrogen) atoms. The van der Waals surface area contributed by atoms with E-state index in [9.17, 15) is 19.7 Å². The SMILES string of the molecule is Cn1nc(-c2ccncc2)c2c3c(cnc21)C(=O)N(c1ccc([N+](=O)[O-])cc1)C3=O. The highest BCUT2D eigenvalue weighted by Crippen LogP contribution is 2.37. The molecular weight excluding hydrogens is 388 g/mol. The van der Waals surface area contributed by atoms with Gasteiger partial charge in [0.1, 0.15) is 5.69 Å². The fourth-order valence-corrected chi connectivity index (χ4v) is 3.60. The molecule has 0 radical (unpaired) electrons. The fraction of sp³-hybridized carbons (Fsp3) is 0.0500. The molecule has 0 unspecified atom stereocenters. The minimum atomic E-state index is -0.545. The number of anilines is 1. The van der Waals surface area contributed by atoms with Gasteiger partial charge in [-0.15, -0.1) is 0 Å². The summed E-state index contributed by atoms with van der Waals surface area (Å²) in [4.78, 5) is 46.0. The second-order valence-corrected chi connectivity index (χ2v) is 6.67. The molecule has 0 atom stereocenters. The lowest BCUT2D eigenvalue weighted by Crippen LogP contribution is -2.29. The van der Waals surface area contributed by atoms with Crippen molar-refractivity contribution in [2.75, 3.05) is 4.90 Å². The number of nitrogens with zero attached hydrogens (tertiary/aromatic N) is 6. The lowest BCUT2D eigenvalue weighted by Gasteiger charge is -2.13. The van der Waals surface area contributed by atoms with Crippen molar-refractivity contribution >= 4 is 34.2 Å². The van der Waals surface area contributed by atoms with Crippen molar-refractivity contribution in [3.05, 3.63) is 76.2 Å². The maximum Gasteiger partial charge on any atom is 0.269 e. The Balaban J connectivity index is 1.71. The second-order valence-electron chi connectivity index (χ2n) is 6.67. The van der Waals surface area contributed by atoms with E-state index in [1.54, 1.807) is 36.3 Å². The number of aromatic nitrogens is 4. The van der Waals surface area contributed by atoms with Crippen LogP contribution in [0.2, 0.25) is 0 Å². The third-order valence-electron chi connectivity index (χ3n) is 4.98. The molecule has 3 aromatic heterocycles. The van der Waals surface area contributed by atoms with Crippen LogP contribution in [0.4, 0.5) is 11.4 Å². The molecule has 146 valence electrons. The van der Waals surface area contributed by atoms with Crippen LogP contribution in [-0.4, -0.2) is 36.5 Å². The van der Waals surface area contributed by atoms with Gasteiger partial charge in [0.2, 0.25) is 0 Å². The number of hydrogen-bond acceptors (Lipinski definition) is 7. The molecule has 0 saturated heterocycles. The standard InChI is InChI=1S/C20H12N6O4/c1-24-18-16(17(23-24)11-6-8-21-9-7-11)15-14(10-22-18)19(27)25(20(15)28)12-2-4-13(5-3-12)26(29)30/h2-10H,1H3. The molecule has 1 aliphatic rings. The average molecular weight is 400 g/mol. The first kappa shape index (κ1) is 17.6. The molecule has 0 saturated carbocycles. The van der Waals surface area contributed by atoms with Crippen LogP contribution in [-0.2, 0) is 7.05 Å². The largest absolute Gasteiger partial charge is 0.269 e. The molecule has 1 aromatic carbocycles. The number of hydrogen-bond donors (Lipinski definition) is 0. The molecule has 5 rings (SSSR count). The van der Waals surface area contributed by atoms with Crippen LogP contribution in [0, 0.1) is 10.1 Å². The minimum absolute atomic E-state index is 0.133. The van der Waals surface area contributed by atoms with Crippen molar-refractivity contribution in [3.63, 3.8) is 0 Å². The lowest BCUT2D eigenvalue weighted by molar-refractivity contribution is -0.384. The Kier molecular flexibility index (Phi) is 3.68. The van der Waals surface area contributed by atoms with Crippen molar-refractivity contribution in [3.8, 4) is 11.3 Å². The van der Waals surface area contributed by atoms with E-state index < -0.39 is 16.7 Å². The van der Waals surface area contributed by atoms with Crippen LogP contribution >= 0.6 is 0 Å². The number of carbonyl (C=O) groups excluding carboxylic acids is 2. The Labute approximate surface area is 168 Å². The first-order chi connectivity index (χ1) is 14.5. The molecule has 10 nitrogen and oxygen atoms in total. The summed E-state index contributed by atoms with van der Waals surface area (Å²) in [6.07, 6.45) is 4.59. The summed E-state index contributed by atoms with van der Waals surface area (Å²) < 4.78 is 1.55. The molecular formula is C20H12N6O4. The number of aryl methyl sites for hydroxylation is 1. The van der Waals surface area contributed by atoms with Crippen molar-refractivity contribution in [2.45, 2.75) is 0 Å². The smallest absolute Gasteiger partial charge is 0.268 e. The fourth-order valence-electron chi connectivity index (χ4n) is 3.60. The number of amides is 2. The number of non-ortho nitro benzene ring substituents is 1. The molecule has 4 aromatic rings. The summed E-state index contributed by atoms with van der Waals surface area (Å²) in [7, 11) is 1.71. The summed E-state index contributed by atoms with van der Waals surface area (Å²) in [5.74, 6) is -1.07. The number of fused-ring (bicyclic) bond motifs is 3. The van der Waals surface area contributed by atoms with Crippen LogP contribution in [0.1, 0.15) is 20.7 Å². The zero-order valence-electron chi connectivity index (χ0n) is 15.5. The van der Waals surface area contributed by atoms with E-state index in [2.05, 4.69) is 15.1 Å². The van der Waals surface area contributed by atoms with Crippen LogP contribution in [0.5, 0.6) is 0 Å². The van der Waals surface area contributed by atoms with E-state index >= 15 is 0 Å². The summed E-state index contributed by atoms with van der Waals surface area (Å²) >= 11 is 0. The van der Waals surface area contributed by atoms with Gasteiger partial charge in [0, 0.05) is 43.3 Å². The van der Waals surface area contributed by atoms with Crippen LogP contribution in [0.3, 0.4) is 0 Å². The summed E-state index contributed by atoms with van der Waals surface area (Å²) in [6, 6.07) is 8.76. The summed E-state index contributed by atoms with van der Waals surface area (Å²) in [5.41, 5.74) is 2.21. The van der Waals surface area contributed by atoms with E-state index in [4.69, 9.17) is 0 Å². The minimum Gasteiger partial charge on any atom is -0.268 e. The van der Waals surface area contributed by atoms with Gasteiger partial charge in [0.25, 0.3) is 17.5 Å². The number of imide groups is 1. The number of rotatable bonds is 3. The van der Waals surface area contributed by atoms with Gasteiger partial charge >= 0.3 is 0 Å². The van der Waals surface area contributed by atoms with Crippen LogP contribution in [0.15, 0.2) is 55.0 Å². The lowest BCUT2D eigenvalue weighted by atomic mass is 10.0. The van der Waals surface area contributed by atoms with Gasteiger partial charge < -0.3 is 0 Å². The second kappa shape index (κ2) is 6.27. The topological polar surface area (TPSA) is 124 Å². The summed E-state index contributed by atoms with van der Waals surface area (Å²) in [5, 5.41) is 15.9. The van der Waals surface area contributed by atoms with Gasteiger partial charge in [0.15, 0.2) is 5.65 Å². The van der Waals surface area contributed by atoms with Gasteiger partial charge in [0.05, 0.1) is 27.1 Å². The zero-order chi connectivity index (χ0) is 21.0. The first-order valence-electron chi connectivity index (χ1n) is 8.86. The van der Waals surface area contributed by atoms with E-state index in [-0.39, 0.29) is 22.5 Å². The third-order valence-corrected chi connectivity index (χ3v) is 4.98. The Bertz CT molecular complexity index is 1360. The van der Waals surface area contributed by atoms with Gasteiger partial charge in [-0.05, 0) is 24.3 Å². The normalized spacial score (nSPS) is 13.2. The highest BCUT2D eigenvalue weighted by molar-refractivity contribution is 6.38. The predicted octanol–water partition coefficient (Wildman–Crippen LogP) is 2.74.